The molecule has 126 valence electrons. The summed E-state index contributed by atoms with van der Waals surface area (Å²) < 4.78 is 0. The summed E-state index contributed by atoms with van der Waals surface area (Å²) in [6.07, 6.45) is 0.496. The van der Waals surface area contributed by atoms with E-state index in [1.54, 1.807) is 24.3 Å². The third kappa shape index (κ3) is 2.18. The van der Waals surface area contributed by atoms with Gasteiger partial charge in [0.1, 0.15) is 11.1 Å². The van der Waals surface area contributed by atoms with Crippen molar-refractivity contribution >= 4 is 34.6 Å². The summed E-state index contributed by atoms with van der Waals surface area (Å²) in [5, 5.41) is 11.9. The van der Waals surface area contributed by atoms with Gasteiger partial charge in [-0.15, -0.1) is 0 Å². The number of amides is 2. The lowest BCUT2D eigenvalue weighted by Gasteiger charge is -2.11. The van der Waals surface area contributed by atoms with Gasteiger partial charge >= 0.3 is 6.03 Å². The van der Waals surface area contributed by atoms with E-state index in [4.69, 9.17) is 5.73 Å². The van der Waals surface area contributed by atoms with Gasteiger partial charge in [0.15, 0.2) is 6.29 Å². The topological polar surface area (TPSA) is 122 Å². The summed E-state index contributed by atoms with van der Waals surface area (Å²) in [4.78, 5) is 43.5. The van der Waals surface area contributed by atoms with Gasteiger partial charge in [0.2, 0.25) is 5.78 Å². The predicted molar refractivity (Wildman–Crippen MR) is 93.0 cm³/mol. The Morgan fingerprint density at radius 3 is 2.65 bits per heavy atom. The standard InChI is InChI=1S/C19H11N3O4/c20-13-5-6-14-16(22-19(26)21-14)15(13)18(25)11-7-9-3-1-2-4-10(9)12(8-23)17(11)24/h1-8,24H,20H2. The van der Waals surface area contributed by atoms with Crippen LogP contribution in [0.4, 0.5) is 10.5 Å². The molecule has 7 nitrogen and oxygen atoms in total. The molecule has 4 rings (SSSR count). The molecule has 3 aromatic carbocycles. The first kappa shape index (κ1) is 15.6. The van der Waals surface area contributed by atoms with E-state index in [9.17, 15) is 19.5 Å². The quantitative estimate of drug-likeness (QED) is 0.423. The van der Waals surface area contributed by atoms with Gasteiger partial charge < -0.3 is 10.8 Å². The van der Waals surface area contributed by atoms with Gasteiger partial charge in [0, 0.05) is 5.69 Å². The molecule has 3 N–H and O–H groups in total. The second-order valence-corrected chi connectivity index (χ2v) is 5.76. The van der Waals surface area contributed by atoms with Crippen LogP contribution in [0.1, 0.15) is 26.3 Å². The molecule has 0 bridgehead atoms. The van der Waals surface area contributed by atoms with Crippen molar-refractivity contribution in [3.63, 3.8) is 0 Å². The number of phenolic OH excluding ortho intramolecular Hbond substituents is 1. The molecular formula is C19H11N3O4. The fourth-order valence-corrected chi connectivity index (χ4v) is 3.05. The van der Waals surface area contributed by atoms with Crippen molar-refractivity contribution in [3.8, 4) is 5.75 Å². The number of hydrogen-bond donors (Lipinski definition) is 2. The second kappa shape index (κ2) is 5.59. The molecule has 0 spiro atoms. The Morgan fingerprint density at radius 2 is 1.88 bits per heavy atom. The van der Waals surface area contributed by atoms with E-state index in [0.717, 1.165) is 0 Å². The lowest BCUT2D eigenvalue weighted by molar-refractivity contribution is 0.103. The number of nitrogens with zero attached hydrogens (tertiary/aromatic N) is 2. The highest BCUT2D eigenvalue weighted by Crippen LogP contribution is 2.31. The van der Waals surface area contributed by atoms with Gasteiger partial charge in [0.25, 0.3) is 0 Å². The highest BCUT2D eigenvalue weighted by molar-refractivity contribution is 6.17. The van der Waals surface area contributed by atoms with E-state index < -0.39 is 17.6 Å². The molecule has 0 aromatic heterocycles. The first-order valence-electron chi connectivity index (χ1n) is 7.65. The fraction of sp³-hybridized carbons (Fsp3) is 0. The normalized spacial score (nSPS) is 12.4. The highest BCUT2D eigenvalue weighted by Gasteiger charge is 2.24. The Bertz CT molecular complexity index is 1260. The molecule has 0 radical (unpaired) electrons. The van der Waals surface area contributed by atoms with Crippen molar-refractivity contribution in [2.75, 3.05) is 5.73 Å². The zero-order valence-corrected chi connectivity index (χ0v) is 13.3. The third-order valence-corrected chi connectivity index (χ3v) is 4.26. The van der Waals surface area contributed by atoms with E-state index in [1.807, 2.05) is 0 Å². The fourth-order valence-electron chi connectivity index (χ4n) is 3.05. The molecule has 1 heterocycles. The Labute approximate surface area is 146 Å². The Balaban J connectivity index is 2.04. The van der Waals surface area contributed by atoms with Gasteiger partial charge in [-0.1, -0.05) is 24.3 Å². The van der Waals surface area contributed by atoms with Crippen LogP contribution in [0.25, 0.3) is 10.8 Å². The number of anilines is 1. The van der Waals surface area contributed by atoms with E-state index in [2.05, 4.69) is 9.98 Å². The first-order valence-corrected chi connectivity index (χ1v) is 7.65. The number of aromatic hydroxyl groups is 1. The summed E-state index contributed by atoms with van der Waals surface area (Å²) >= 11 is 0. The third-order valence-electron chi connectivity index (χ3n) is 4.26. The lowest BCUT2D eigenvalue weighted by atomic mass is 9.94. The summed E-state index contributed by atoms with van der Waals surface area (Å²) in [6.45, 7) is 0. The average molecular weight is 345 g/mol. The van der Waals surface area contributed by atoms with Crippen molar-refractivity contribution in [1.82, 2.24) is 0 Å². The van der Waals surface area contributed by atoms with Gasteiger partial charge in [-0.3, -0.25) is 9.59 Å². The number of benzene rings is 3. The number of nitrogen functional groups attached to an aromatic ring is 1. The molecule has 1 aliphatic rings. The molecule has 0 saturated carbocycles. The van der Waals surface area contributed by atoms with Gasteiger partial charge in [-0.05, 0) is 29.0 Å². The number of ketones is 1. The molecule has 3 aromatic rings. The number of phenols is 1. The number of fused-ring (bicyclic) bond motifs is 2. The van der Waals surface area contributed by atoms with Crippen LogP contribution in [0.15, 0.2) is 52.4 Å². The zero-order chi connectivity index (χ0) is 18.4. The van der Waals surface area contributed by atoms with Crippen LogP contribution < -0.4 is 16.4 Å². The predicted octanol–water partition coefficient (Wildman–Crippen LogP) is 1.54. The Hall–Kier alpha value is -3.87. The van der Waals surface area contributed by atoms with Gasteiger partial charge in [-0.2, -0.15) is 9.98 Å². The minimum Gasteiger partial charge on any atom is -0.506 e. The number of aldehydes is 1. The van der Waals surface area contributed by atoms with Gasteiger partial charge in [-0.25, -0.2) is 4.79 Å². The van der Waals surface area contributed by atoms with E-state index >= 15 is 0 Å². The summed E-state index contributed by atoms with van der Waals surface area (Å²) in [7, 11) is 0. The SMILES string of the molecule is Nc1ccc2c(c1C(=O)c1cc3ccccc3c(C=O)c1O)=NC(=O)N=2. The smallest absolute Gasteiger partial charge is 0.368 e. The maximum absolute atomic E-state index is 13.1. The van der Waals surface area contributed by atoms with Crippen LogP contribution in [0.2, 0.25) is 0 Å². The summed E-state index contributed by atoms with van der Waals surface area (Å²) in [5.74, 6) is -1.08. The number of carbonyl (C=O) groups is 3. The minimum absolute atomic E-state index is 0.00954. The molecule has 7 heteroatoms. The Kier molecular flexibility index (Phi) is 3.37. The van der Waals surface area contributed by atoms with Crippen LogP contribution in [-0.2, 0) is 0 Å². The van der Waals surface area contributed by atoms with Gasteiger partial charge in [0.05, 0.1) is 22.0 Å². The minimum atomic E-state index is -0.726. The molecule has 0 fully saturated rings. The van der Waals surface area contributed by atoms with Crippen molar-refractivity contribution in [1.29, 1.82) is 0 Å². The molecule has 1 aliphatic heterocycles. The zero-order valence-electron chi connectivity index (χ0n) is 13.3. The van der Waals surface area contributed by atoms with E-state index in [1.165, 1.54) is 18.2 Å². The van der Waals surface area contributed by atoms with E-state index in [-0.39, 0.29) is 33.1 Å². The van der Waals surface area contributed by atoms with E-state index in [0.29, 0.717) is 17.1 Å². The largest absolute Gasteiger partial charge is 0.506 e. The van der Waals surface area contributed by atoms with Crippen LogP contribution in [0.3, 0.4) is 0 Å². The van der Waals surface area contributed by atoms with Crippen LogP contribution in [0, 0.1) is 0 Å². The molecule has 0 aliphatic carbocycles. The average Bonchev–Trinajstić information content (AvgIpc) is 3.01. The van der Waals surface area contributed by atoms with Crippen molar-refractivity contribution in [2.24, 2.45) is 9.98 Å². The number of urea groups is 1. The lowest BCUT2D eigenvalue weighted by Crippen LogP contribution is -2.30. The maximum atomic E-state index is 13.1. The second-order valence-electron chi connectivity index (χ2n) is 5.76. The van der Waals surface area contributed by atoms with Crippen molar-refractivity contribution in [2.45, 2.75) is 0 Å². The summed E-state index contributed by atoms with van der Waals surface area (Å²) in [5.41, 5.74) is 5.91. The molecule has 0 unspecified atom stereocenters. The monoisotopic (exact) mass is 345 g/mol. The number of hydrogen-bond acceptors (Lipinski definition) is 5. The molecule has 26 heavy (non-hydrogen) atoms. The molecule has 0 atom stereocenters. The van der Waals surface area contributed by atoms with Crippen LogP contribution in [0.5, 0.6) is 5.75 Å². The molecule has 0 saturated heterocycles. The van der Waals surface area contributed by atoms with Crippen molar-refractivity contribution < 1.29 is 19.5 Å². The number of rotatable bonds is 3. The van der Waals surface area contributed by atoms with Crippen molar-refractivity contribution in [3.05, 3.63) is 69.9 Å². The van der Waals surface area contributed by atoms with Crippen LogP contribution >= 0.6 is 0 Å². The maximum Gasteiger partial charge on any atom is 0.368 e. The molecular weight excluding hydrogens is 334 g/mol. The van der Waals surface area contributed by atoms with Crippen LogP contribution in [-0.4, -0.2) is 23.2 Å². The summed E-state index contributed by atoms with van der Waals surface area (Å²) in [6, 6.07) is 10.6. The number of nitrogens with two attached hydrogens (primary N) is 1. The first-order chi connectivity index (χ1) is 12.5. The highest BCUT2D eigenvalue weighted by atomic mass is 16.3. The number of carbonyl (C=O) groups excluding carboxylic acids is 3. The Morgan fingerprint density at radius 1 is 1.12 bits per heavy atom. The molecule has 2 amide bonds.